The molecule has 1 atom stereocenters. The third-order valence-corrected chi connectivity index (χ3v) is 5.71. The standard InChI is InChI=1S/C23H21F2N3O5S/c1-28-11-18(17-10-15(12-29)27-22(17)23(28)30)16-8-13(6-7-26-34(31)32)2-4-20(16)33-21-5-3-14(24)9-19(21)25/h2-5,8-11,26-27,29H,6-7,12H2,1H3,(H,31,32)/p-1. The van der Waals surface area contributed by atoms with Gasteiger partial charge >= 0.3 is 0 Å². The number of aromatic nitrogens is 2. The Balaban J connectivity index is 1.87. The first kappa shape index (κ1) is 23.8. The van der Waals surface area contributed by atoms with Crippen molar-refractivity contribution < 1.29 is 27.4 Å². The van der Waals surface area contributed by atoms with Crippen molar-refractivity contribution in [1.29, 1.82) is 0 Å². The summed E-state index contributed by atoms with van der Waals surface area (Å²) in [6.45, 7) is -0.149. The molecule has 0 bridgehead atoms. The molecule has 8 nitrogen and oxygen atoms in total. The van der Waals surface area contributed by atoms with Crippen LogP contribution in [0.5, 0.6) is 11.5 Å². The van der Waals surface area contributed by atoms with Gasteiger partial charge < -0.3 is 23.9 Å². The Labute approximate surface area is 195 Å². The topological polar surface area (TPSA) is 119 Å². The molecule has 34 heavy (non-hydrogen) atoms. The third-order valence-electron chi connectivity index (χ3n) is 5.27. The number of aromatic amines is 1. The van der Waals surface area contributed by atoms with Gasteiger partial charge in [0, 0.05) is 59.3 Å². The summed E-state index contributed by atoms with van der Waals surface area (Å²) >= 11 is -2.40. The average Bonchev–Trinajstić information content (AvgIpc) is 3.24. The largest absolute Gasteiger partial charge is 0.760 e. The van der Waals surface area contributed by atoms with Crippen molar-refractivity contribution in [2.45, 2.75) is 13.0 Å². The van der Waals surface area contributed by atoms with Gasteiger partial charge in [-0.2, -0.15) is 0 Å². The van der Waals surface area contributed by atoms with Gasteiger partial charge in [-0.15, -0.1) is 0 Å². The van der Waals surface area contributed by atoms with Crippen LogP contribution < -0.4 is 15.0 Å². The number of aliphatic hydroxyl groups is 1. The van der Waals surface area contributed by atoms with Gasteiger partial charge in [-0.3, -0.25) is 9.00 Å². The summed E-state index contributed by atoms with van der Waals surface area (Å²) in [5.74, 6) is -1.58. The summed E-state index contributed by atoms with van der Waals surface area (Å²) in [6, 6.07) is 9.64. The molecule has 1 unspecified atom stereocenters. The van der Waals surface area contributed by atoms with Crippen LogP contribution in [0, 0.1) is 11.6 Å². The number of aryl methyl sites for hydroxylation is 1. The maximum absolute atomic E-state index is 14.3. The van der Waals surface area contributed by atoms with E-state index < -0.39 is 22.9 Å². The molecule has 0 radical (unpaired) electrons. The molecule has 11 heteroatoms. The molecule has 2 heterocycles. The van der Waals surface area contributed by atoms with Crippen molar-refractivity contribution in [3.05, 3.63) is 81.9 Å². The molecule has 0 spiro atoms. The smallest absolute Gasteiger partial charge is 0.274 e. The van der Waals surface area contributed by atoms with Gasteiger partial charge in [0.05, 0.1) is 6.61 Å². The van der Waals surface area contributed by atoms with E-state index in [2.05, 4.69) is 9.71 Å². The first-order chi connectivity index (χ1) is 16.3. The van der Waals surface area contributed by atoms with Crippen LogP contribution in [0.3, 0.4) is 0 Å². The van der Waals surface area contributed by atoms with E-state index in [1.165, 1.54) is 10.6 Å². The summed E-state index contributed by atoms with van der Waals surface area (Å²) in [5, 5.41) is 10.1. The molecule has 4 aromatic rings. The Bertz CT molecular complexity index is 1450. The van der Waals surface area contributed by atoms with Gasteiger partial charge in [-0.25, -0.2) is 13.5 Å². The van der Waals surface area contributed by atoms with E-state index in [0.29, 0.717) is 34.7 Å². The fourth-order valence-electron chi connectivity index (χ4n) is 3.68. The van der Waals surface area contributed by atoms with Gasteiger partial charge in [0.25, 0.3) is 5.56 Å². The summed E-state index contributed by atoms with van der Waals surface area (Å²) in [4.78, 5) is 15.5. The van der Waals surface area contributed by atoms with Crippen molar-refractivity contribution in [3.8, 4) is 22.6 Å². The van der Waals surface area contributed by atoms with E-state index in [1.807, 2.05) is 0 Å². The molecule has 0 amide bonds. The van der Waals surface area contributed by atoms with E-state index in [-0.39, 0.29) is 35.7 Å². The number of rotatable bonds is 8. The number of fused-ring (bicyclic) bond motifs is 1. The molecule has 3 N–H and O–H groups in total. The van der Waals surface area contributed by atoms with E-state index in [1.54, 1.807) is 37.5 Å². The van der Waals surface area contributed by atoms with E-state index in [4.69, 9.17) is 4.74 Å². The van der Waals surface area contributed by atoms with E-state index in [0.717, 1.165) is 11.6 Å². The lowest BCUT2D eigenvalue weighted by atomic mass is 9.99. The van der Waals surface area contributed by atoms with Crippen molar-refractivity contribution in [2.75, 3.05) is 6.54 Å². The molecule has 4 rings (SSSR count). The van der Waals surface area contributed by atoms with Crippen LogP contribution in [0.1, 0.15) is 11.3 Å². The van der Waals surface area contributed by atoms with Gasteiger partial charge in [0.1, 0.15) is 17.1 Å². The Morgan fingerprint density at radius 2 is 1.91 bits per heavy atom. The van der Waals surface area contributed by atoms with Gasteiger partial charge in [-0.05, 0) is 42.3 Å². The SMILES string of the molecule is Cn1cc(-c2cc(CCNS(=O)[O-])ccc2Oc2ccc(F)cc2F)c2cc(CO)[nH]c2c1=O. The molecule has 0 aliphatic rings. The monoisotopic (exact) mass is 488 g/mol. The highest BCUT2D eigenvalue weighted by atomic mass is 32.2. The average molecular weight is 488 g/mol. The van der Waals surface area contributed by atoms with Crippen molar-refractivity contribution in [3.63, 3.8) is 0 Å². The second kappa shape index (κ2) is 9.85. The fourth-order valence-corrected chi connectivity index (χ4v) is 3.95. The van der Waals surface area contributed by atoms with Crippen LogP contribution in [0.15, 0.2) is 53.5 Å². The van der Waals surface area contributed by atoms with E-state index >= 15 is 0 Å². The van der Waals surface area contributed by atoms with Crippen LogP contribution in [0.4, 0.5) is 8.78 Å². The number of pyridine rings is 1. The molecule has 0 fully saturated rings. The molecule has 178 valence electrons. The molecule has 2 aromatic heterocycles. The van der Waals surface area contributed by atoms with Crippen LogP contribution in [-0.4, -0.2) is 30.0 Å². The Morgan fingerprint density at radius 1 is 1.15 bits per heavy atom. The normalized spacial score (nSPS) is 12.3. The second-order valence-corrected chi connectivity index (χ2v) is 8.34. The van der Waals surface area contributed by atoms with Crippen molar-refractivity contribution >= 4 is 22.2 Å². The number of nitrogens with zero attached hydrogens (tertiary/aromatic N) is 1. The summed E-state index contributed by atoms with van der Waals surface area (Å²) < 4.78 is 58.7. The van der Waals surface area contributed by atoms with Crippen molar-refractivity contribution in [2.24, 2.45) is 7.05 Å². The predicted octanol–water partition coefficient (Wildman–Crippen LogP) is 3.02. The quantitative estimate of drug-likeness (QED) is 0.330. The number of halogens is 2. The van der Waals surface area contributed by atoms with Gasteiger partial charge in [0.15, 0.2) is 11.6 Å². The molecule has 2 aromatic carbocycles. The lowest BCUT2D eigenvalue weighted by Gasteiger charge is -2.16. The Kier molecular flexibility index (Phi) is 6.89. The van der Waals surface area contributed by atoms with Crippen LogP contribution in [0.2, 0.25) is 0 Å². The molecule has 0 saturated heterocycles. The molecule has 0 aliphatic heterocycles. The highest BCUT2D eigenvalue weighted by Gasteiger charge is 2.18. The molecular weight excluding hydrogens is 468 g/mol. The first-order valence-corrected chi connectivity index (χ1v) is 11.3. The van der Waals surface area contributed by atoms with Gasteiger partial charge in [0.2, 0.25) is 0 Å². The van der Waals surface area contributed by atoms with Gasteiger partial charge in [-0.1, -0.05) is 6.07 Å². The first-order valence-electron chi connectivity index (χ1n) is 10.2. The Morgan fingerprint density at radius 3 is 2.62 bits per heavy atom. The minimum Gasteiger partial charge on any atom is -0.760 e. The zero-order chi connectivity index (χ0) is 24.4. The minimum absolute atomic E-state index is 0.157. The highest BCUT2D eigenvalue weighted by Crippen LogP contribution is 2.38. The number of ether oxygens (including phenoxy) is 1. The summed E-state index contributed by atoms with van der Waals surface area (Å²) in [5.41, 5.74) is 2.21. The minimum atomic E-state index is -2.40. The van der Waals surface area contributed by atoms with Crippen LogP contribution in [0.25, 0.3) is 22.0 Å². The Hall–Kier alpha value is -3.38. The van der Waals surface area contributed by atoms with Crippen molar-refractivity contribution in [1.82, 2.24) is 14.3 Å². The molecule has 0 saturated carbocycles. The fraction of sp³-hybridized carbons (Fsp3) is 0.174. The summed E-state index contributed by atoms with van der Waals surface area (Å²) in [7, 11) is 1.57. The number of hydrogen-bond donors (Lipinski definition) is 3. The molecular formula is C23H20F2N3O5S-. The number of aliphatic hydroxyl groups excluding tert-OH is 1. The van der Waals surface area contributed by atoms with Crippen LogP contribution >= 0.6 is 0 Å². The number of H-pyrrole nitrogens is 1. The zero-order valence-corrected chi connectivity index (χ0v) is 18.7. The lowest BCUT2D eigenvalue weighted by Crippen LogP contribution is -2.19. The summed E-state index contributed by atoms with van der Waals surface area (Å²) in [6.07, 6.45) is 1.95. The lowest BCUT2D eigenvalue weighted by molar-refractivity contribution is 0.278. The van der Waals surface area contributed by atoms with Crippen LogP contribution in [-0.2, 0) is 31.3 Å². The molecule has 0 aliphatic carbocycles. The third kappa shape index (κ3) is 4.92. The number of benzene rings is 2. The van der Waals surface area contributed by atoms with E-state index in [9.17, 15) is 27.4 Å². The zero-order valence-electron chi connectivity index (χ0n) is 17.9. The number of nitrogens with one attached hydrogen (secondary N) is 2. The highest BCUT2D eigenvalue weighted by molar-refractivity contribution is 7.77. The maximum atomic E-state index is 14.3. The second-order valence-electron chi connectivity index (χ2n) is 7.59. The number of hydrogen-bond acceptors (Lipinski definition) is 5. The maximum Gasteiger partial charge on any atom is 0.274 e. The predicted molar refractivity (Wildman–Crippen MR) is 122 cm³/mol.